The third-order valence-electron chi connectivity index (χ3n) is 12.6. The second-order valence-corrected chi connectivity index (χ2v) is 17.0. The summed E-state index contributed by atoms with van der Waals surface area (Å²) in [5.41, 5.74) is 22.8. The monoisotopic (exact) mass is 844 g/mol. The molecule has 1 radical (unpaired) electrons. The van der Waals surface area contributed by atoms with Gasteiger partial charge in [0.05, 0.1) is 0 Å². The van der Waals surface area contributed by atoms with E-state index in [1.807, 2.05) is 0 Å². The molecule has 1 N–H and O–H groups in total. The molecule has 313 valence electrons. The smallest absolute Gasteiger partial charge is 0.197 e. The molecule has 0 fully saturated rings. The number of rotatable bonds is 10. The molecule has 1 aliphatic heterocycles. The van der Waals surface area contributed by atoms with Crippen LogP contribution in [0.25, 0.3) is 44.5 Å². The minimum Gasteiger partial charge on any atom is -0.355 e. The molecule has 10 aromatic rings. The van der Waals surface area contributed by atoms with E-state index >= 15 is 0 Å². The van der Waals surface area contributed by atoms with E-state index in [1.165, 1.54) is 38.9 Å². The summed E-state index contributed by atoms with van der Waals surface area (Å²) in [6.45, 7) is 4.47. The van der Waals surface area contributed by atoms with Gasteiger partial charge in [-0.3, -0.25) is 0 Å². The Balaban J connectivity index is 1.11. The van der Waals surface area contributed by atoms with E-state index in [4.69, 9.17) is 0 Å². The van der Waals surface area contributed by atoms with Crippen molar-refractivity contribution in [2.45, 2.75) is 13.8 Å². The second kappa shape index (κ2) is 17.7. The third-order valence-corrected chi connectivity index (χ3v) is 12.6. The molecular weight excluding hydrogens is 798 g/mol. The number of hydrogen-bond acceptors (Lipinski definition) is 3. The fourth-order valence-electron chi connectivity index (χ4n) is 9.45. The van der Waals surface area contributed by atoms with Gasteiger partial charge in [-0.05, 0) is 154 Å². The lowest BCUT2D eigenvalue weighted by Crippen LogP contribution is -2.41. The van der Waals surface area contributed by atoms with Gasteiger partial charge < -0.3 is 15.1 Å². The van der Waals surface area contributed by atoms with Crippen molar-refractivity contribution in [2.75, 3.05) is 15.1 Å². The van der Waals surface area contributed by atoms with Crippen molar-refractivity contribution in [3.05, 3.63) is 254 Å². The van der Waals surface area contributed by atoms with Gasteiger partial charge >= 0.3 is 0 Å². The van der Waals surface area contributed by atoms with Crippen molar-refractivity contribution in [3.63, 3.8) is 0 Å². The van der Waals surface area contributed by atoms with Crippen LogP contribution in [0, 0.1) is 13.8 Å². The largest absolute Gasteiger partial charge is 0.355 e. The standard InChI is InChI=1S/C62H47BN3/c1-43-37-56(55-41-50(47-23-12-5-13-24-47)31-34-58(55)64-51-26-18-25-48(40-51)45-19-8-3-9-20-45)62-61(38-43)66(59-35-32-49(39-44(59)2)46-21-10-4-11-22-46)60-36-33-54(42-57(60)63-62)65(52-27-14-6-15-28-52)53-29-16-7-17-30-53/h3-42,64H,1-2H3. The number of para-hydroxylation sites is 2. The summed E-state index contributed by atoms with van der Waals surface area (Å²) in [6, 6.07) is 87.4. The molecule has 0 bridgehead atoms. The van der Waals surface area contributed by atoms with Gasteiger partial charge in [0.1, 0.15) is 0 Å². The van der Waals surface area contributed by atoms with Gasteiger partial charge in [0, 0.05) is 51.1 Å². The Bertz CT molecular complexity index is 3280. The summed E-state index contributed by atoms with van der Waals surface area (Å²) in [4.78, 5) is 4.83. The van der Waals surface area contributed by atoms with Crippen LogP contribution in [0.5, 0.6) is 0 Å². The topological polar surface area (TPSA) is 18.5 Å². The number of anilines is 8. The van der Waals surface area contributed by atoms with Gasteiger partial charge in [-0.1, -0.05) is 163 Å². The quantitative estimate of drug-likeness (QED) is 0.138. The summed E-state index contributed by atoms with van der Waals surface area (Å²) in [5.74, 6) is 0. The van der Waals surface area contributed by atoms with Crippen molar-refractivity contribution in [1.29, 1.82) is 0 Å². The summed E-state index contributed by atoms with van der Waals surface area (Å²) in [5, 5.41) is 3.91. The Morgan fingerprint density at radius 2 is 0.909 bits per heavy atom. The number of nitrogens with one attached hydrogen (secondary N) is 1. The molecule has 11 rings (SSSR count). The number of benzene rings is 10. The molecule has 10 aromatic carbocycles. The minimum atomic E-state index is 1.03. The molecule has 0 amide bonds. The van der Waals surface area contributed by atoms with Crippen molar-refractivity contribution < 1.29 is 0 Å². The molecule has 0 atom stereocenters. The molecule has 4 heteroatoms. The van der Waals surface area contributed by atoms with Crippen LogP contribution < -0.4 is 26.0 Å². The maximum absolute atomic E-state index is 3.91. The Morgan fingerprint density at radius 1 is 0.379 bits per heavy atom. The fraction of sp³-hybridized carbons (Fsp3) is 0.0323. The first-order chi connectivity index (χ1) is 32.5. The van der Waals surface area contributed by atoms with Crippen LogP contribution in [-0.4, -0.2) is 7.28 Å². The second-order valence-electron chi connectivity index (χ2n) is 17.0. The van der Waals surface area contributed by atoms with E-state index in [2.05, 4.69) is 279 Å². The van der Waals surface area contributed by atoms with Crippen molar-refractivity contribution in [3.8, 4) is 44.5 Å². The first-order valence-electron chi connectivity index (χ1n) is 22.7. The summed E-state index contributed by atoms with van der Waals surface area (Å²) >= 11 is 0. The lowest BCUT2D eigenvalue weighted by atomic mass is 9.58. The highest BCUT2D eigenvalue weighted by atomic mass is 15.2. The van der Waals surface area contributed by atoms with E-state index in [1.54, 1.807) is 0 Å². The van der Waals surface area contributed by atoms with Gasteiger partial charge in [0.25, 0.3) is 0 Å². The summed E-state index contributed by atoms with van der Waals surface area (Å²) in [7, 11) is 2.41. The Kier molecular flexibility index (Phi) is 10.8. The van der Waals surface area contributed by atoms with Crippen molar-refractivity contribution in [1.82, 2.24) is 0 Å². The lowest BCUT2D eigenvalue weighted by Gasteiger charge is -2.37. The van der Waals surface area contributed by atoms with E-state index in [-0.39, 0.29) is 0 Å². The van der Waals surface area contributed by atoms with E-state index in [0.29, 0.717) is 0 Å². The van der Waals surface area contributed by atoms with Crippen LogP contribution in [-0.2, 0) is 0 Å². The summed E-state index contributed by atoms with van der Waals surface area (Å²) < 4.78 is 0. The average molecular weight is 845 g/mol. The first-order valence-corrected chi connectivity index (χ1v) is 22.7. The zero-order valence-electron chi connectivity index (χ0n) is 37.1. The van der Waals surface area contributed by atoms with E-state index in [0.717, 1.165) is 73.1 Å². The van der Waals surface area contributed by atoms with Gasteiger partial charge in [0.2, 0.25) is 0 Å². The molecule has 0 saturated heterocycles. The molecule has 0 aromatic heterocycles. The van der Waals surface area contributed by atoms with Gasteiger partial charge in [-0.15, -0.1) is 0 Å². The molecule has 1 aliphatic rings. The Labute approximate surface area is 389 Å². The fourth-order valence-corrected chi connectivity index (χ4v) is 9.45. The normalized spacial score (nSPS) is 11.6. The minimum absolute atomic E-state index is 1.03. The Morgan fingerprint density at radius 3 is 1.52 bits per heavy atom. The van der Waals surface area contributed by atoms with Crippen LogP contribution in [0.15, 0.2) is 243 Å². The number of nitrogens with zero attached hydrogens (tertiary/aromatic N) is 2. The zero-order chi connectivity index (χ0) is 44.4. The van der Waals surface area contributed by atoms with Crippen LogP contribution in [0.2, 0.25) is 0 Å². The predicted octanol–water partition coefficient (Wildman–Crippen LogP) is 15.6. The van der Waals surface area contributed by atoms with Gasteiger partial charge in [0.15, 0.2) is 7.28 Å². The highest BCUT2D eigenvalue weighted by Crippen LogP contribution is 2.44. The van der Waals surface area contributed by atoms with Crippen LogP contribution in [0.1, 0.15) is 11.1 Å². The highest BCUT2D eigenvalue weighted by molar-refractivity contribution is 6.73. The van der Waals surface area contributed by atoms with E-state index in [9.17, 15) is 0 Å². The third kappa shape index (κ3) is 7.95. The number of aryl methyl sites for hydroxylation is 2. The SMILES string of the molecule is Cc1cc(-c2cc(-c3ccccc3)ccc2Nc2cccc(-c3ccccc3)c2)c2c(c1)N(c1ccc(-c3ccccc3)cc1C)c1ccc(N(c3ccccc3)c3ccccc3)cc1[B]2. The molecule has 0 spiro atoms. The average Bonchev–Trinajstić information content (AvgIpc) is 3.37. The van der Waals surface area contributed by atoms with Gasteiger partial charge in [-0.25, -0.2) is 0 Å². The molecule has 0 saturated carbocycles. The summed E-state index contributed by atoms with van der Waals surface area (Å²) in [6.07, 6.45) is 0. The molecule has 1 heterocycles. The predicted molar refractivity (Wildman–Crippen MR) is 282 cm³/mol. The maximum Gasteiger partial charge on any atom is 0.197 e. The zero-order valence-corrected chi connectivity index (χ0v) is 37.1. The van der Waals surface area contributed by atoms with Crippen molar-refractivity contribution in [2.24, 2.45) is 0 Å². The maximum atomic E-state index is 3.91. The van der Waals surface area contributed by atoms with Crippen LogP contribution in [0.4, 0.5) is 45.5 Å². The first kappa shape index (κ1) is 40.4. The van der Waals surface area contributed by atoms with Crippen LogP contribution in [0.3, 0.4) is 0 Å². The lowest BCUT2D eigenvalue weighted by molar-refractivity contribution is 1.24. The highest BCUT2D eigenvalue weighted by Gasteiger charge is 2.30. The number of hydrogen-bond donors (Lipinski definition) is 1. The Hall–Kier alpha value is -8.34. The van der Waals surface area contributed by atoms with Crippen LogP contribution >= 0.6 is 0 Å². The van der Waals surface area contributed by atoms with Gasteiger partial charge in [-0.2, -0.15) is 0 Å². The number of fused-ring (bicyclic) bond motifs is 2. The molecule has 0 aliphatic carbocycles. The van der Waals surface area contributed by atoms with Crippen molar-refractivity contribution >= 4 is 63.7 Å². The molecular formula is C62H47BN3. The van der Waals surface area contributed by atoms with E-state index < -0.39 is 0 Å². The molecule has 66 heavy (non-hydrogen) atoms. The molecule has 3 nitrogen and oxygen atoms in total. The molecule has 0 unspecified atom stereocenters.